The molecule has 0 unspecified atom stereocenters. The predicted octanol–water partition coefficient (Wildman–Crippen LogP) is 0.211. The van der Waals surface area contributed by atoms with Crippen LogP contribution in [0, 0.1) is 0 Å². The topological polar surface area (TPSA) is 71.3 Å². The van der Waals surface area contributed by atoms with Gasteiger partial charge in [0.2, 0.25) is 0 Å². The molecule has 18 heavy (non-hydrogen) atoms. The first-order valence-electron chi connectivity index (χ1n) is 6.13. The van der Waals surface area contributed by atoms with Crippen molar-refractivity contribution in [2.45, 2.75) is 18.9 Å². The average molecular weight is 245 g/mol. The number of hydrogen-bond donors (Lipinski definition) is 2. The summed E-state index contributed by atoms with van der Waals surface area (Å²) >= 11 is 0. The Kier molecular flexibility index (Phi) is 2.93. The van der Waals surface area contributed by atoms with Gasteiger partial charge in [0, 0.05) is 25.0 Å². The highest BCUT2D eigenvalue weighted by atomic mass is 16.1. The lowest BCUT2D eigenvalue weighted by molar-refractivity contribution is 0.0932. The van der Waals surface area contributed by atoms with Crippen molar-refractivity contribution in [1.82, 2.24) is 25.2 Å². The monoisotopic (exact) mass is 245 g/mol. The lowest BCUT2D eigenvalue weighted by Crippen LogP contribution is -2.45. The standard InChI is InChI=1S/C12H15N5O/c18-12(16-9-2-1-3-13-6-9)10-7-15-17-5-4-14-8-11(10)17/h4-5,7-9,13H,1-3,6H2,(H,16,18)/t9-/m1/s1. The molecule has 0 radical (unpaired) electrons. The molecule has 3 heterocycles. The maximum absolute atomic E-state index is 12.2. The van der Waals surface area contributed by atoms with Gasteiger partial charge in [-0.25, -0.2) is 4.52 Å². The van der Waals surface area contributed by atoms with Crippen LogP contribution in [0.2, 0.25) is 0 Å². The molecule has 1 aliphatic rings. The third-order valence-corrected chi connectivity index (χ3v) is 3.20. The molecule has 2 aromatic rings. The highest BCUT2D eigenvalue weighted by Gasteiger charge is 2.18. The van der Waals surface area contributed by atoms with Gasteiger partial charge in [0.1, 0.15) is 0 Å². The molecular formula is C12H15N5O. The van der Waals surface area contributed by atoms with E-state index >= 15 is 0 Å². The van der Waals surface area contributed by atoms with E-state index in [2.05, 4.69) is 20.7 Å². The van der Waals surface area contributed by atoms with Crippen LogP contribution in [-0.2, 0) is 0 Å². The molecule has 94 valence electrons. The lowest BCUT2D eigenvalue weighted by Gasteiger charge is -2.23. The Morgan fingerprint density at radius 1 is 1.50 bits per heavy atom. The summed E-state index contributed by atoms with van der Waals surface area (Å²) in [7, 11) is 0. The summed E-state index contributed by atoms with van der Waals surface area (Å²) in [4.78, 5) is 16.2. The minimum Gasteiger partial charge on any atom is -0.348 e. The van der Waals surface area contributed by atoms with Crippen LogP contribution in [0.5, 0.6) is 0 Å². The van der Waals surface area contributed by atoms with E-state index in [0.29, 0.717) is 5.56 Å². The largest absolute Gasteiger partial charge is 0.348 e. The zero-order valence-electron chi connectivity index (χ0n) is 9.97. The molecule has 0 aromatic carbocycles. The van der Waals surface area contributed by atoms with Crippen molar-refractivity contribution in [3.8, 4) is 0 Å². The van der Waals surface area contributed by atoms with Gasteiger partial charge >= 0.3 is 0 Å². The molecule has 6 heteroatoms. The lowest BCUT2D eigenvalue weighted by atomic mass is 10.1. The van der Waals surface area contributed by atoms with Crippen molar-refractivity contribution in [1.29, 1.82) is 0 Å². The third kappa shape index (κ3) is 2.06. The number of rotatable bonds is 2. The van der Waals surface area contributed by atoms with E-state index in [0.717, 1.165) is 31.4 Å². The van der Waals surface area contributed by atoms with Crippen LogP contribution in [0.3, 0.4) is 0 Å². The molecule has 1 atom stereocenters. The first kappa shape index (κ1) is 11.2. The van der Waals surface area contributed by atoms with Crippen molar-refractivity contribution in [3.05, 3.63) is 30.4 Å². The van der Waals surface area contributed by atoms with Crippen LogP contribution in [0.4, 0.5) is 0 Å². The van der Waals surface area contributed by atoms with Gasteiger partial charge in [0.25, 0.3) is 5.91 Å². The molecule has 1 fully saturated rings. The minimum atomic E-state index is -0.0771. The van der Waals surface area contributed by atoms with Gasteiger partial charge in [-0.1, -0.05) is 0 Å². The number of aromatic nitrogens is 3. The van der Waals surface area contributed by atoms with Crippen molar-refractivity contribution in [3.63, 3.8) is 0 Å². The molecule has 0 spiro atoms. The SMILES string of the molecule is O=C(N[C@@H]1CCCNC1)c1cnn2ccncc12. The van der Waals surface area contributed by atoms with Gasteiger partial charge in [0.05, 0.1) is 23.5 Å². The number of amides is 1. The molecule has 0 aliphatic carbocycles. The number of fused-ring (bicyclic) bond motifs is 1. The summed E-state index contributed by atoms with van der Waals surface area (Å²) in [6, 6.07) is 0.206. The first-order chi connectivity index (χ1) is 8.84. The number of hydrogen-bond acceptors (Lipinski definition) is 4. The summed E-state index contributed by atoms with van der Waals surface area (Å²) < 4.78 is 1.65. The van der Waals surface area contributed by atoms with E-state index in [4.69, 9.17) is 0 Å². The molecule has 3 rings (SSSR count). The normalized spacial score (nSPS) is 19.9. The quantitative estimate of drug-likeness (QED) is 0.793. The average Bonchev–Trinajstić information content (AvgIpc) is 2.84. The Bertz CT molecular complexity index is 558. The van der Waals surface area contributed by atoms with Crippen LogP contribution in [0.25, 0.3) is 5.52 Å². The van der Waals surface area contributed by atoms with Crippen molar-refractivity contribution in [2.75, 3.05) is 13.1 Å². The Labute approximate surface area is 104 Å². The van der Waals surface area contributed by atoms with Gasteiger partial charge in [0.15, 0.2) is 0 Å². The van der Waals surface area contributed by atoms with E-state index in [1.54, 1.807) is 29.3 Å². The fraction of sp³-hybridized carbons (Fsp3) is 0.417. The second-order valence-electron chi connectivity index (χ2n) is 4.48. The van der Waals surface area contributed by atoms with Crippen molar-refractivity contribution >= 4 is 11.4 Å². The maximum Gasteiger partial charge on any atom is 0.255 e. The molecule has 2 aromatic heterocycles. The van der Waals surface area contributed by atoms with Crippen molar-refractivity contribution in [2.24, 2.45) is 0 Å². The smallest absolute Gasteiger partial charge is 0.255 e. The second-order valence-corrected chi connectivity index (χ2v) is 4.48. The van der Waals surface area contributed by atoms with Crippen LogP contribution < -0.4 is 10.6 Å². The Morgan fingerprint density at radius 3 is 3.28 bits per heavy atom. The molecule has 1 amide bonds. The van der Waals surface area contributed by atoms with Crippen LogP contribution in [0.15, 0.2) is 24.8 Å². The van der Waals surface area contributed by atoms with Gasteiger partial charge in [-0.15, -0.1) is 0 Å². The van der Waals surface area contributed by atoms with E-state index in [-0.39, 0.29) is 11.9 Å². The van der Waals surface area contributed by atoms with Gasteiger partial charge < -0.3 is 10.6 Å². The number of carbonyl (C=O) groups excluding carboxylic acids is 1. The van der Waals surface area contributed by atoms with Gasteiger partial charge in [-0.3, -0.25) is 9.78 Å². The summed E-state index contributed by atoms with van der Waals surface area (Å²) in [5.41, 5.74) is 1.31. The molecule has 2 N–H and O–H groups in total. The molecule has 1 aliphatic heterocycles. The minimum absolute atomic E-state index is 0.0771. The summed E-state index contributed by atoms with van der Waals surface area (Å²) in [6.45, 7) is 1.87. The molecule has 0 saturated carbocycles. The Morgan fingerprint density at radius 2 is 2.44 bits per heavy atom. The second kappa shape index (κ2) is 4.73. The predicted molar refractivity (Wildman–Crippen MR) is 66.3 cm³/mol. The van der Waals surface area contributed by atoms with Gasteiger partial charge in [-0.05, 0) is 19.4 Å². The summed E-state index contributed by atoms with van der Waals surface area (Å²) in [5, 5.41) is 10.4. The molecule has 6 nitrogen and oxygen atoms in total. The molecular weight excluding hydrogens is 230 g/mol. The van der Waals surface area contributed by atoms with E-state index < -0.39 is 0 Å². The number of carbonyl (C=O) groups is 1. The zero-order chi connectivity index (χ0) is 12.4. The fourth-order valence-electron chi connectivity index (χ4n) is 2.25. The maximum atomic E-state index is 12.2. The van der Waals surface area contributed by atoms with Crippen LogP contribution >= 0.6 is 0 Å². The summed E-state index contributed by atoms with van der Waals surface area (Å²) in [6.07, 6.45) is 8.74. The highest BCUT2D eigenvalue weighted by Crippen LogP contribution is 2.10. The highest BCUT2D eigenvalue weighted by molar-refractivity contribution is 6.00. The van der Waals surface area contributed by atoms with E-state index in [1.165, 1.54) is 0 Å². The first-order valence-corrected chi connectivity index (χ1v) is 6.13. The van der Waals surface area contributed by atoms with E-state index in [9.17, 15) is 4.79 Å². The zero-order valence-corrected chi connectivity index (χ0v) is 9.97. The van der Waals surface area contributed by atoms with Crippen LogP contribution in [0.1, 0.15) is 23.2 Å². The molecule has 1 saturated heterocycles. The molecule has 0 bridgehead atoms. The number of nitrogens with one attached hydrogen (secondary N) is 2. The number of nitrogens with zero attached hydrogens (tertiary/aromatic N) is 3. The van der Waals surface area contributed by atoms with Gasteiger partial charge in [-0.2, -0.15) is 5.10 Å². The Balaban J connectivity index is 1.79. The summed E-state index contributed by atoms with van der Waals surface area (Å²) in [5.74, 6) is -0.0771. The third-order valence-electron chi connectivity index (χ3n) is 3.20. The van der Waals surface area contributed by atoms with Crippen molar-refractivity contribution < 1.29 is 4.79 Å². The Hall–Kier alpha value is -1.95. The number of piperidine rings is 1. The fourth-order valence-corrected chi connectivity index (χ4v) is 2.25. The van der Waals surface area contributed by atoms with E-state index in [1.807, 2.05) is 0 Å². The van der Waals surface area contributed by atoms with Crippen LogP contribution in [-0.4, -0.2) is 39.6 Å².